The summed E-state index contributed by atoms with van der Waals surface area (Å²) in [6.07, 6.45) is 9.96. The van der Waals surface area contributed by atoms with Gasteiger partial charge in [0.15, 0.2) is 0 Å². The molecule has 0 aliphatic heterocycles. The van der Waals surface area contributed by atoms with Crippen LogP contribution in [0.15, 0.2) is 12.4 Å². The number of nitrogens with zero attached hydrogens (tertiary/aromatic N) is 2. The zero-order chi connectivity index (χ0) is 13.0. The Morgan fingerprint density at radius 3 is 2.83 bits per heavy atom. The molecule has 1 N–H and O–H groups in total. The van der Waals surface area contributed by atoms with Gasteiger partial charge in [-0.25, -0.2) is 0 Å². The predicted molar refractivity (Wildman–Crippen MR) is 72.5 cm³/mol. The molecule has 1 heterocycles. The molecule has 1 aliphatic rings. The van der Waals surface area contributed by atoms with Crippen molar-refractivity contribution in [2.75, 3.05) is 14.2 Å². The van der Waals surface area contributed by atoms with Crippen LogP contribution in [0.1, 0.15) is 50.6 Å². The standard InChI is InChI=1S/C14H25N3O/c1-4-8-17-11-12(10-16-17)13(15-2)9-14(18-3)6-5-7-14/h10-11,13,15H,4-9H2,1-3H3. The van der Waals surface area contributed by atoms with Gasteiger partial charge in [0.25, 0.3) is 0 Å². The largest absolute Gasteiger partial charge is 0.378 e. The normalized spacial score (nSPS) is 19.5. The van der Waals surface area contributed by atoms with Crippen LogP contribution in [-0.4, -0.2) is 29.5 Å². The summed E-state index contributed by atoms with van der Waals surface area (Å²) < 4.78 is 7.74. The molecule has 102 valence electrons. The van der Waals surface area contributed by atoms with Gasteiger partial charge in [0.1, 0.15) is 0 Å². The van der Waals surface area contributed by atoms with E-state index in [1.807, 2.05) is 25.0 Å². The highest BCUT2D eigenvalue weighted by atomic mass is 16.5. The van der Waals surface area contributed by atoms with Crippen LogP contribution < -0.4 is 5.32 Å². The van der Waals surface area contributed by atoms with E-state index in [-0.39, 0.29) is 5.60 Å². The first-order valence-electron chi connectivity index (χ1n) is 6.98. The highest BCUT2D eigenvalue weighted by Crippen LogP contribution is 2.41. The van der Waals surface area contributed by atoms with Crippen LogP contribution >= 0.6 is 0 Å². The smallest absolute Gasteiger partial charge is 0.0697 e. The van der Waals surface area contributed by atoms with E-state index >= 15 is 0 Å². The van der Waals surface area contributed by atoms with Crippen LogP contribution in [0.5, 0.6) is 0 Å². The summed E-state index contributed by atoms with van der Waals surface area (Å²) >= 11 is 0. The minimum atomic E-state index is 0.0978. The number of ether oxygens (including phenoxy) is 1. The first-order chi connectivity index (χ1) is 8.73. The topological polar surface area (TPSA) is 39.1 Å². The van der Waals surface area contributed by atoms with E-state index < -0.39 is 0 Å². The zero-order valence-electron chi connectivity index (χ0n) is 11.8. The summed E-state index contributed by atoms with van der Waals surface area (Å²) in [5.41, 5.74) is 1.37. The van der Waals surface area contributed by atoms with Crippen molar-refractivity contribution in [3.8, 4) is 0 Å². The molecular weight excluding hydrogens is 226 g/mol. The lowest BCUT2D eigenvalue weighted by molar-refractivity contribution is -0.0834. The number of rotatable bonds is 7. The zero-order valence-corrected chi connectivity index (χ0v) is 11.8. The van der Waals surface area contributed by atoms with Crippen LogP contribution in [-0.2, 0) is 11.3 Å². The highest BCUT2D eigenvalue weighted by Gasteiger charge is 2.39. The van der Waals surface area contributed by atoms with Crippen molar-refractivity contribution in [2.45, 2.75) is 57.2 Å². The first-order valence-corrected chi connectivity index (χ1v) is 6.98. The SMILES string of the molecule is CCCn1cc(C(CC2(OC)CCC2)NC)cn1. The second-order valence-electron chi connectivity index (χ2n) is 5.32. The first kappa shape index (κ1) is 13.6. The fraction of sp³-hybridized carbons (Fsp3) is 0.786. The molecule has 4 heteroatoms. The minimum Gasteiger partial charge on any atom is -0.378 e. The number of hydrogen-bond acceptors (Lipinski definition) is 3. The average Bonchev–Trinajstić information content (AvgIpc) is 2.78. The molecule has 1 saturated carbocycles. The summed E-state index contributed by atoms with van der Waals surface area (Å²) in [5, 5.41) is 7.81. The van der Waals surface area contributed by atoms with Crippen molar-refractivity contribution in [3.05, 3.63) is 18.0 Å². The minimum absolute atomic E-state index is 0.0978. The van der Waals surface area contributed by atoms with Gasteiger partial charge in [0, 0.05) is 31.5 Å². The Balaban J connectivity index is 2.02. The van der Waals surface area contributed by atoms with E-state index in [9.17, 15) is 0 Å². The Morgan fingerprint density at radius 2 is 2.33 bits per heavy atom. The molecule has 0 spiro atoms. The van der Waals surface area contributed by atoms with Gasteiger partial charge < -0.3 is 10.1 Å². The molecule has 0 aromatic carbocycles. The van der Waals surface area contributed by atoms with E-state index in [2.05, 4.69) is 23.5 Å². The Labute approximate surface area is 110 Å². The maximum atomic E-state index is 5.71. The second kappa shape index (κ2) is 5.85. The summed E-state index contributed by atoms with van der Waals surface area (Å²) in [7, 11) is 3.86. The molecule has 1 aromatic rings. The monoisotopic (exact) mass is 251 g/mol. The van der Waals surface area contributed by atoms with Gasteiger partial charge in [-0.15, -0.1) is 0 Å². The fourth-order valence-electron chi connectivity index (χ4n) is 2.73. The van der Waals surface area contributed by atoms with Crippen molar-refractivity contribution in [1.82, 2.24) is 15.1 Å². The van der Waals surface area contributed by atoms with Gasteiger partial charge in [-0.3, -0.25) is 4.68 Å². The third kappa shape index (κ3) is 2.75. The Hall–Kier alpha value is -0.870. The van der Waals surface area contributed by atoms with Crippen LogP contribution in [0.2, 0.25) is 0 Å². The Morgan fingerprint density at radius 1 is 1.56 bits per heavy atom. The molecular formula is C14H25N3O. The van der Waals surface area contributed by atoms with Crippen molar-refractivity contribution < 1.29 is 4.74 Å². The van der Waals surface area contributed by atoms with E-state index in [4.69, 9.17) is 4.74 Å². The molecule has 18 heavy (non-hydrogen) atoms. The average molecular weight is 251 g/mol. The summed E-state index contributed by atoms with van der Waals surface area (Å²) in [6, 6.07) is 0.343. The van der Waals surface area contributed by atoms with Gasteiger partial charge in [0.2, 0.25) is 0 Å². The van der Waals surface area contributed by atoms with Crippen LogP contribution in [0.25, 0.3) is 0 Å². The van der Waals surface area contributed by atoms with Gasteiger partial charge in [-0.2, -0.15) is 5.10 Å². The number of methoxy groups -OCH3 is 1. The molecule has 2 rings (SSSR count). The number of aryl methyl sites for hydroxylation is 1. The fourth-order valence-corrected chi connectivity index (χ4v) is 2.73. The molecule has 0 radical (unpaired) electrons. The molecule has 1 aliphatic carbocycles. The summed E-state index contributed by atoms with van der Waals surface area (Å²) in [6.45, 7) is 3.16. The highest BCUT2D eigenvalue weighted by molar-refractivity contribution is 5.12. The second-order valence-corrected chi connectivity index (χ2v) is 5.32. The van der Waals surface area contributed by atoms with Crippen molar-refractivity contribution in [2.24, 2.45) is 0 Å². The van der Waals surface area contributed by atoms with Crippen LogP contribution in [0, 0.1) is 0 Å². The Bertz CT molecular complexity index is 365. The number of nitrogens with one attached hydrogen (secondary N) is 1. The third-order valence-electron chi connectivity index (χ3n) is 4.13. The molecule has 0 saturated heterocycles. The van der Waals surface area contributed by atoms with Crippen LogP contribution in [0.4, 0.5) is 0 Å². The van der Waals surface area contributed by atoms with Gasteiger partial charge in [-0.05, 0) is 39.2 Å². The third-order valence-corrected chi connectivity index (χ3v) is 4.13. The van der Waals surface area contributed by atoms with Crippen molar-refractivity contribution in [3.63, 3.8) is 0 Å². The van der Waals surface area contributed by atoms with Crippen LogP contribution in [0.3, 0.4) is 0 Å². The lowest BCUT2D eigenvalue weighted by atomic mass is 9.75. The molecule has 1 fully saturated rings. The van der Waals surface area contributed by atoms with Gasteiger partial charge in [0.05, 0.1) is 11.8 Å². The quantitative estimate of drug-likeness (QED) is 0.809. The van der Waals surface area contributed by atoms with E-state index in [1.165, 1.54) is 24.8 Å². The molecule has 0 amide bonds. The van der Waals surface area contributed by atoms with E-state index in [0.717, 1.165) is 19.4 Å². The molecule has 0 bridgehead atoms. The maximum Gasteiger partial charge on any atom is 0.0697 e. The van der Waals surface area contributed by atoms with E-state index in [1.54, 1.807) is 0 Å². The van der Waals surface area contributed by atoms with Gasteiger partial charge >= 0.3 is 0 Å². The number of aromatic nitrogens is 2. The van der Waals surface area contributed by atoms with Gasteiger partial charge in [-0.1, -0.05) is 6.92 Å². The molecule has 1 unspecified atom stereocenters. The summed E-state index contributed by atoms with van der Waals surface area (Å²) in [4.78, 5) is 0. The summed E-state index contributed by atoms with van der Waals surface area (Å²) in [5.74, 6) is 0. The molecule has 1 aromatic heterocycles. The Kier molecular flexibility index (Phi) is 4.40. The molecule has 4 nitrogen and oxygen atoms in total. The predicted octanol–water partition coefficient (Wildman–Crippen LogP) is 2.51. The van der Waals surface area contributed by atoms with E-state index in [0.29, 0.717) is 6.04 Å². The lowest BCUT2D eigenvalue weighted by Crippen LogP contribution is -2.42. The van der Waals surface area contributed by atoms with Crippen molar-refractivity contribution >= 4 is 0 Å². The lowest BCUT2D eigenvalue weighted by Gasteiger charge is -2.42. The molecule has 1 atom stereocenters. The number of hydrogen-bond donors (Lipinski definition) is 1. The maximum absolute atomic E-state index is 5.71. The van der Waals surface area contributed by atoms with Crippen molar-refractivity contribution in [1.29, 1.82) is 0 Å².